The Labute approximate surface area is 79.5 Å². The Morgan fingerprint density at radius 3 is 2.80 bits per heavy atom. The molecule has 10 heavy (non-hydrogen) atoms. The minimum absolute atomic E-state index is 0.762. The van der Waals surface area contributed by atoms with E-state index in [1.165, 1.54) is 5.75 Å². The standard InChI is InChI=1S/C4H7S6/c1-4-2-9-6-8(1)3-10(5-4)7-9/h4H,1-3H2/q+3. The molecule has 4 fully saturated rings. The third-order valence-electron chi connectivity index (χ3n) is 1.49. The molecule has 0 amide bonds. The molecule has 0 saturated carbocycles. The maximum atomic E-state index is 2.32. The van der Waals surface area contributed by atoms with Gasteiger partial charge in [0.2, 0.25) is 17.9 Å². The minimum Gasteiger partial charge on any atom is 0.129 e. The van der Waals surface area contributed by atoms with Crippen LogP contribution in [0, 0.1) is 0 Å². The first-order valence-corrected chi connectivity index (χ1v) is 12.5. The van der Waals surface area contributed by atoms with Crippen LogP contribution in [0.2, 0.25) is 0 Å². The first kappa shape index (κ1) is 7.50. The monoisotopic (exact) mass is 247 g/mol. The van der Waals surface area contributed by atoms with E-state index in [0.717, 1.165) is 33.1 Å². The van der Waals surface area contributed by atoms with Gasteiger partial charge in [-0.1, -0.05) is 0 Å². The highest BCUT2D eigenvalue weighted by Crippen LogP contribution is 2.60. The maximum Gasteiger partial charge on any atom is 0.382 e. The Balaban J connectivity index is 1.90. The molecule has 4 unspecified atom stereocenters. The average Bonchev–Trinajstić information content (AvgIpc) is 1.82. The molecule has 0 radical (unpaired) electrons. The van der Waals surface area contributed by atoms with Crippen LogP contribution in [0.4, 0.5) is 0 Å². The molecular weight excluding hydrogens is 240 g/mol. The van der Waals surface area contributed by atoms with Crippen LogP contribution in [-0.2, 0) is 27.8 Å². The van der Waals surface area contributed by atoms with Crippen LogP contribution < -0.4 is 0 Å². The van der Waals surface area contributed by atoms with Crippen LogP contribution in [0.25, 0.3) is 0 Å². The van der Waals surface area contributed by atoms with Crippen molar-refractivity contribution in [2.24, 2.45) is 0 Å². The van der Waals surface area contributed by atoms with Gasteiger partial charge in [-0.05, 0) is 0 Å². The van der Waals surface area contributed by atoms with Gasteiger partial charge in [0, 0.05) is 0 Å². The van der Waals surface area contributed by atoms with Crippen molar-refractivity contribution >= 4 is 58.3 Å². The summed E-state index contributed by atoms with van der Waals surface area (Å²) >= 11 is 0. The SMILES string of the molecule is C1C2C[S+]3S[S+]1C[S+](S2)S3. The van der Waals surface area contributed by atoms with E-state index in [1.807, 2.05) is 0 Å². The first-order chi connectivity index (χ1) is 4.90. The topological polar surface area (TPSA) is 0 Å². The summed E-state index contributed by atoms with van der Waals surface area (Å²) in [5.41, 5.74) is 0. The summed E-state index contributed by atoms with van der Waals surface area (Å²) in [6.45, 7) is 0. The summed E-state index contributed by atoms with van der Waals surface area (Å²) in [7, 11) is 9.26. The van der Waals surface area contributed by atoms with Crippen molar-refractivity contribution in [3.63, 3.8) is 0 Å². The molecule has 0 aliphatic carbocycles. The molecule has 0 nitrogen and oxygen atoms in total. The van der Waals surface area contributed by atoms with E-state index in [9.17, 15) is 0 Å². The van der Waals surface area contributed by atoms with Gasteiger partial charge >= 0.3 is 24.7 Å². The second-order valence-electron chi connectivity index (χ2n) is 2.35. The van der Waals surface area contributed by atoms with Crippen molar-refractivity contribution in [1.82, 2.24) is 0 Å². The largest absolute Gasteiger partial charge is 0.382 e. The molecule has 4 rings (SSSR count). The van der Waals surface area contributed by atoms with Gasteiger partial charge in [-0.3, -0.25) is 0 Å². The maximum absolute atomic E-state index is 2.32. The smallest absolute Gasteiger partial charge is 0.129 e. The summed E-state index contributed by atoms with van der Waals surface area (Å²) in [6, 6.07) is 0. The Hall–Kier alpha value is 2.10. The second kappa shape index (κ2) is 2.80. The lowest BCUT2D eigenvalue weighted by Gasteiger charge is -2.23. The van der Waals surface area contributed by atoms with Gasteiger partial charge in [0.05, 0.1) is 0 Å². The second-order valence-corrected chi connectivity index (χ2v) is 18.5. The van der Waals surface area contributed by atoms with Gasteiger partial charge < -0.3 is 0 Å². The molecule has 56 valence electrons. The summed E-state index contributed by atoms with van der Waals surface area (Å²) in [6.07, 6.45) is 0. The van der Waals surface area contributed by atoms with Gasteiger partial charge in [-0.2, -0.15) is 0 Å². The zero-order chi connectivity index (χ0) is 6.55. The minimum atomic E-state index is 0.762. The van der Waals surface area contributed by atoms with Crippen LogP contribution in [0.5, 0.6) is 0 Å². The molecular formula is C4H7S6+3. The predicted octanol–water partition coefficient (Wildman–Crippen LogP) is 1.98. The summed E-state index contributed by atoms with van der Waals surface area (Å²) in [4.78, 5) is 0. The van der Waals surface area contributed by atoms with Gasteiger partial charge in [-0.15, -0.1) is 0 Å². The molecule has 0 aromatic carbocycles. The Morgan fingerprint density at radius 2 is 2.10 bits per heavy atom. The fraction of sp³-hybridized carbons (Fsp3) is 1.00. The van der Waals surface area contributed by atoms with Crippen LogP contribution >= 0.6 is 30.4 Å². The van der Waals surface area contributed by atoms with Crippen LogP contribution in [0.1, 0.15) is 0 Å². The van der Waals surface area contributed by atoms with Crippen molar-refractivity contribution in [3.8, 4) is 0 Å². The van der Waals surface area contributed by atoms with Crippen molar-refractivity contribution in [2.45, 2.75) is 5.25 Å². The molecule has 6 heteroatoms. The summed E-state index contributed by atoms with van der Waals surface area (Å²) < 4.78 is 0. The Bertz CT molecular complexity index is 101. The molecule has 4 aliphatic rings. The normalized spacial score (nSPS) is 57.6. The highest BCUT2D eigenvalue weighted by atomic mass is 33.9. The third-order valence-corrected chi connectivity index (χ3v) is 24.9. The van der Waals surface area contributed by atoms with Crippen molar-refractivity contribution in [3.05, 3.63) is 0 Å². The zero-order valence-electron chi connectivity index (χ0n) is 5.15. The molecule has 4 heterocycles. The molecule has 0 N–H and O–H groups in total. The molecule has 4 saturated heterocycles. The van der Waals surface area contributed by atoms with Gasteiger partial charge in [0.25, 0.3) is 0 Å². The predicted molar refractivity (Wildman–Crippen MR) is 63.3 cm³/mol. The van der Waals surface area contributed by atoms with Crippen LogP contribution in [-0.4, -0.2) is 21.8 Å². The highest BCUT2D eigenvalue weighted by molar-refractivity contribution is 9.42. The van der Waals surface area contributed by atoms with Crippen LogP contribution in [0.15, 0.2) is 0 Å². The van der Waals surface area contributed by atoms with Crippen molar-refractivity contribution < 1.29 is 0 Å². The summed E-state index contributed by atoms with van der Waals surface area (Å²) in [5, 5.41) is 2.64. The zero-order valence-corrected chi connectivity index (χ0v) is 10.0. The van der Waals surface area contributed by atoms with E-state index in [4.69, 9.17) is 0 Å². The van der Waals surface area contributed by atoms with Gasteiger partial charge in [0.15, 0.2) is 21.4 Å². The van der Waals surface area contributed by atoms with E-state index < -0.39 is 0 Å². The molecule has 0 aromatic heterocycles. The van der Waals surface area contributed by atoms with E-state index >= 15 is 0 Å². The number of rotatable bonds is 0. The fourth-order valence-corrected chi connectivity index (χ4v) is 36.1. The van der Waals surface area contributed by atoms with Crippen molar-refractivity contribution in [2.75, 3.05) is 16.6 Å². The quantitative estimate of drug-likeness (QED) is 0.475. The van der Waals surface area contributed by atoms with E-state index in [0.29, 0.717) is 0 Å². The number of hydrogen-bond acceptors (Lipinski definition) is 3. The fourth-order valence-electron chi connectivity index (χ4n) is 1.14. The Morgan fingerprint density at radius 1 is 1.10 bits per heavy atom. The van der Waals surface area contributed by atoms with E-state index in [-0.39, 0.29) is 0 Å². The third kappa shape index (κ3) is 1.23. The van der Waals surface area contributed by atoms with Crippen LogP contribution in [0.3, 0.4) is 0 Å². The Kier molecular flexibility index (Phi) is 2.10. The molecule has 0 spiro atoms. The first-order valence-electron chi connectivity index (χ1n) is 3.04. The molecule has 4 atom stereocenters. The van der Waals surface area contributed by atoms with Gasteiger partial charge in [-0.25, -0.2) is 0 Å². The molecule has 4 bridgehead atoms. The lowest BCUT2D eigenvalue weighted by molar-refractivity contribution is 1.15. The average molecular weight is 248 g/mol. The van der Waals surface area contributed by atoms with E-state index in [1.54, 1.807) is 10.8 Å². The lowest BCUT2D eigenvalue weighted by atomic mass is 10.6. The summed E-state index contributed by atoms with van der Waals surface area (Å²) in [5.74, 6) is 3.09. The lowest BCUT2D eigenvalue weighted by Crippen LogP contribution is -2.41. The highest BCUT2D eigenvalue weighted by Gasteiger charge is 2.68. The number of hydrogen-bond donors (Lipinski definition) is 0. The van der Waals surface area contributed by atoms with Gasteiger partial charge in [0.1, 0.15) is 16.0 Å². The van der Waals surface area contributed by atoms with E-state index in [2.05, 4.69) is 30.4 Å². The van der Waals surface area contributed by atoms with Crippen molar-refractivity contribution in [1.29, 1.82) is 0 Å². The molecule has 4 aliphatic heterocycles. The molecule has 0 aromatic rings.